The zero-order chi connectivity index (χ0) is 13.5. The highest BCUT2D eigenvalue weighted by molar-refractivity contribution is 5.94. The Balaban J connectivity index is 2.54. The lowest BCUT2D eigenvalue weighted by atomic mass is 10.1. The SMILES string of the molecule is CN(CCCC(=O)O)C(=O)c1ccc(CO)cc1. The van der Waals surface area contributed by atoms with Crippen LogP contribution in [0.2, 0.25) is 0 Å². The average Bonchev–Trinajstić information content (AvgIpc) is 2.37. The molecule has 0 spiro atoms. The summed E-state index contributed by atoms with van der Waals surface area (Å²) in [5.41, 5.74) is 1.28. The summed E-state index contributed by atoms with van der Waals surface area (Å²) < 4.78 is 0. The number of amides is 1. The first-order valence-electron chi connectivity index (χ1n) is 5.71. The molecule has 0 unspecified atom stereocenters. The van der Waals surface area contributed by atoms with Gasteiger partial charge in [-0.2, -0.15) is 0 Å². The maximum atomic E-state index is 11.9. The lowest BCUT2D eigenvalue weighted by Gasteiger charge is -2.16. The van der Waals surface area contributed by atoms with Gasteiger partial charge in [-0.3, -0.25) is 9.59 Å². The molecule has 0 fully saturated rings. The molecule has 1 amide bonds. The van der Waals surface area contributed by atoms with E-state index in [1.54, 1.807) is 31.3 Å². The van der Waals surface area contributed by atoms with E-state index in [1.807, 2.05) is 0 Å². The predicted molar refractivity (Wildman–Crippen MR) is 66.2 cm³/mol. The number of hydrogen-bond donors (Lipinski definition) is 2. The molecule has 0 aromatic heterocycles. The first kappa shape index (κ1) is 14.2. The fourth-order valence-electron chi connectivity index (χ4n) is 1.54. The number of benzene rings is 1. The van der Waals surface area contributed by atoms with Crippen molar-refractivity contribution in [2.75, 3.05) is 13.6 Å². The molecule has 0 aliphatic carbocycles. The van der Waals surface area contributed by atoms with Gasteiger partial charge in [-0.15, -0.1) is 0 Å². The number of rotatable bonds is 6. The van der Waals surface area contributed by atoms with Gasteiger partial charge in [0.15, 0.2) is 0 Å². The summed E-state index contributed by atoms with van der Waals surface area (Å²) in [6.07, 6.45) is 0.493. The van der Waals surface area contributed by atoms with Crippen molar-refractivity contribution in [1.82, 2.24) is 4.90 Å². The molecule has 5 heteroatoms. The van der Waals surface area contributed by atoms with Crippen molar-refractivity contribution in [2.24, 2.45) is 0 Å². The van der Waals surface area contributed by atoms with Gasteiger partial charge in [-0.05, 0) is 24.1 Å². The van der Waals surface area contributed by atoms with Crippen LogP contribution in [-0.4, -0.2) is 40.6 Å². The van der Waals surface area contributed by atoms with Gasteiger partial charge in [0.2, 0.25) is 0 Å². The number of aliphatic hydroxyl groups excluding tert-OH is 1. The fraction of sp³-hybridized carbons (Fsp3) is 0.385. The third kappa shape index (κ3) is 4.18. The summed E-state index contributed by atoms with van der Waals surface area (Å²) in [4.78, 5) is 23.8. The Morgan fingerprint density at radius 2 is 1.83 bits per heavy atom. The van der Waals surface area contributed by atoms with E-state index in [2.05, 4.69) is 0 Å². The Morgan fingerprint density at radius 1 is 1.22 bits per heavy atom. The van der Waals surface area contributed by atoms with E-state index in [0.29, 0.717) is 18.5 Å². The second kappa shape index (κ2) is 6.76. The van der Waals surface area contributed by atoms with Crippen molar-refractivity contribution in [1.29, 1.82) is 0 Å². The molecule has 2 N–H and O–H groups in total. The Bertz CT molecular complexity index is 414. The summed E-state index contributed by atoms with van der Waals surface area (Å²) in [6, 6.07) is 6.69. The van der Waals surface area contributed by atoms with Crippen molar-refractivity contribution >= 4 is 11.9 Å². The minimum Gasteiger partial charge on any atom is -0.481 e. The Labute approximate surface area is 106 Å². The number of carboxylic acids is 1. The number of carbonyl (C=O) groups is 2. The maximum absolute atomic E-state index is 11.9. The Morgan fingerprint density at radius 3 is 2.33 bits per heavy atom. The summed E-state index contributed by atoms with van der Waals surface area (Å²) in [5, 5.41) is 17.4. The van der Waals surface area contributed by atoms with Gasteiger partial charge in [0.05, 0.1) is 6.61 Å². The van der Waals surface area contributed by atoms with Crippen LogP contribution in [0.3, 0.4) is 0 Å². The summed E-state index contributed by atoms with van der Waals surface area (Å²) in [6.45, 7) is 0.357. The van der Waals surface area contributed by atoms with Crippen molar-refractivity contribution in [3.05, 3.63) is 35.4 Å². The third-order valence-electron chi connectivity index (χ3n) is 2.61. The number of hydrogen-bond acceptors (Lipinski definition) is 3. The van der Waals surface area contributed by atoms with E-state index in [-0.39, 0.29) is 18.9 Å². The van der Waals surface area contributed by atoms with E-state index in [9.17, 15) is 9.59 Å². The lowest BCUT2D eigenvalue weighted by Crippen LogP contribution is -2.28. The fourth-order valence-corrected chi connectivity index (χ4v) is 1.54. The standard InChI is InChI=1S/C13H17NO4/c1-14(8-2-3-12(16)17)13(18)11-6-4-10(9-15)5-7-11/h4-7,15H,2-3,8-9H2,1H3,(H,16,17). The Hall–Kier alpha value is -1.88. The van der Waals surface area contributed by atoms with Crippen molar-refractivity contribution in [2.45, 2.75) is 19.4 Å². The van der Waals surface area contributed by atoms with Crippen LogP contribution in [-0.2, 0) is 11.4 Å². The smallest absolute Gasteiger partial charge is 0.303 e. The normalized spacial score (nSPS) is 10.1. The zero-order valence-electron chi connectivity index (χ0n) is 10.3. The van der Waals surface area contributed by atoms with E-state index in [1.165, 1.54) is 4.90 Å². The highest BCUT2D eigenvalue weighted by Gasteiger charge is 2.11. The predicted octanol–water partition coefficient (Wildman–Crippen LogP) is 1.12. The number of carboxylic acid groups (broad SMARTS) is 1. The average molecular weight is 251 g/mol. The van der Waals surface area contributed by atoms with Crippen LogP contribution >= 0.6 is 0 Å². The molecule has 0 aliphatic rings. The number of aliphatic carboxylic acids is 1. The van der Waals surface area contributed by atoms with Gasteiger partial charge in [0, 0.05) is 25.6 Å². The molecule has 0 aliphatic heterocycles. The highest BCUT2D eigenvalue weighted by Crippen LogP contribution is 2.07. The Kier molecular flexibility index (Phi) is 5.32. The van der Waals surface area contributed by atoms with Crippen LogP contribution in [0.1, 0.15) is 28.8 Å². The van der Waals surface area contributed by atoms with Crippen LogP contribution in [0.25, 0.3) is 0 Å². The summed E-state index contributed by atoms with van der Waals surface area (Å²) in [7, 11) is 1.64. The number of aliphatic hydroxyl groups is 1. The summed E-state index contributed by atoms with van der Waals surface area (Å²) >= 11 is 0. The minimum absolute atomic E-state index is 0.0527. The van der Waals surface area contributed by atoms with Crippen LogP contribution < -0.4 is 0 Å². The van der Waals surface area contributed by atoms with E-state index < -0.39 is 5.97 Å². The maximum Gasteiger partial charge on any atom is 0.303 e. The molecule has 0 radical (unpaired) electrons. The van der Waals surface area contributed by atoms with Gasteiger partial charge >= 0.3 is 5.97 Å². The molecule has 5 nitrogen and oxygen atoms in total. The largest absolute Gasteiger partial charge is 0.481 e. The molecular formula is C13H17NO4. The van der Waals surface area contributed by atoms with Crippen LogP contribution in [0.5, 0.6) is 0 Å². The van der Waals surface area contributed by atoms with E-state index in [4.69, 9.17) is 10.2 Å². The third-order valence-corrected chi connectivity index (χ3v) is 2.61. The van der Waals surface area contributed by atoms with Crippen LogP contribution in [0.4, 0.5) is 0 Å². The van der Waals surface area contributed by atoms with Gasteiger partial charge in [-0.25, -0.2) is 0 Å². The molecule has 0 atom stereocenters. The van der Waals surface area contributed by atoms with Gasteiger partial charge in [0.25, 0.3) is 5.91 Å². The molecule has 1 aromatic carbocycles. The zero-order valence-corrected chi connectivity index (χ0v) is 10.3. The first-order chi connectivity index (χ1) is 8.54. The summed E-state index contributed by atoms with van der Waals surface area (Å²) in [5.74, 6) is -1.01. The van der Waals surface area contributed by atoms with E-state index in [0.717, 1.165) is 5.56 Å². The van der Waals surface area contributed by atoms with Gasteiger partial charge in [0.1, 0.15) is 0 Å². The first-order valence-corrected chi connectivity index (χ1v) is 5.71. The van der Waals surface area contributed by atoms with Gasteiger partial charge < -0.3 is 15.1 Å². The lowest BCUT2D eigenvalue weighted by molar-refractivity contribution is -0.137. The number of nitrogens with zero attached hydrogens (tertiary/aromatic N) is 1. The van der Waals surface area contributed by atoms with Crippen LogP contribution in [0.15, 0.2) is 24.3 Å². The molecule has 0 heterocycles. The molecule has 0 saturated heterocycles. The molecule has 0 saturated carbocycles. The molecule has 1 rings (SSSR count). The van der Waals surface area contributed by atoms with Crippen molar-refractivity contribution in [3.63, 3.8) is 0 Å². The topological polar surface area (TPSA) is 77.8 Å². The molecule has 1 aromatic rings. The monoisotopic (exact) mass is 251 g/mol. The van der Waals surface area contributed by atoms with Crippen molar-refractivity contribution in [3.8, 4) is 0 Å². The van der Waals surface area contributed by atoms with Gasteiger partial charge in [-0.1, -0.05) is 12.1 Å². The molecule has 0 bridgehead atoms. The minimum atomic E-state index is -0.858. The second-order valence-corrected chi connectivity index (χ2v) is 4.08. The highest BCUT2D eigenvalue weighted by atomic mass is 16.4. The quantitative estimate of drug-likeness (QED) is 0.794. The number of carbonyl (C=O) groups excluding carboxylic acids is 1. The second-order valence-electron chi connectivity index (χ2n) is 4.08. The van der Waals surface area contributed by atoms with Crippen LogP contribution in [0, 0.1) is 0 Å². The molecule has 98 valence electrons. The molecule has 18 heavy (non-hydrogen) atoms. The molecular weight excluding hydrogens is 234 g/mol. The van der Waals surface area contributed by atoms with Crippen molar-refractivity contribution < 1.29 is 19.8 Å². The van der Waals surface area contributed by atoms with E-state index >= 15 is 0 Å².